The van der Waals surface area contributed by atoms with Gasteiger partial charge in [0.15, 0.2) is 11.6 Å². The first kappa shape index (κ1) is 7.37. The van der Waals surface area contributed by atoms with Gasteiger partial charge in [0.2, 0.25) is 0 Å². The first-order valence-electron chi connectivity index (χ1n) is 3.03. The third-order valence-corrected chi connectivity index (χ3v) is 1.54. The van der Waals surface area contributed by atoms with Gasteiger partial charge in [-0.1, -0.05) is 0 Å². The number of carbonyl (C=O) groups is 2. The van der Waals surface area contributed by atoms with E-state index in [0.717, 1.165) is 0 Å². The summed E-state index contributed by atoms with van der Waals surface area (Å²) in [4.78, 5) is 21.1. The zero-order valence-electron chi connectivity index (χ0n) is 5.28. The van der Waals surface area contributed by atoms with Crippen molar-refractivity contribution >= 4 is 11.6 Å². The molecule has 0 radical (unpaired) electrons. The number of ketones is 2. The van der Waals surface area contributed by atoms with E-state index in [9.17, 15) is 9.59 Å². The molecule has 0 aromatic rings. The SMILES string of the molecule is O=C1CC(=O)C(O)CC1O. The summed E-state index contributed by atoms with van der Waals surface area (Å²) < 4.78 is 0. The highest BCUT2D eigenvalue weighted by Gasteiger charge is 2.31. The lowest BCUT2D eigenvalue weighted by molar-refractivity contribution is -0.143. The summed E-state index contributed by atoms with van der Waals surface area (Å²) in [5, 5.41) is 17.6. The molecule has 56 valence electrons. The fourth-order valence-electron chi connectivity index (χ4n) is 0.882. The minimum absolute atomic E-state index is 0.141. The van der Waals surface area contributed by atoms with Crippen LogP contribution in [0.5, 0.6) is 0 Å². The summed E-state index contributed by atoms with van der Waals surface area (Å²) in [7, 11) is 0. The van der Waals surface area contributed by atoms with E-state index in [1.807, 2.05) is 0 Å². The molecule has 0 bridgehead atoms. The molecule has 0 aromatic carbocycles. The summed E-state index contributed by atoms with van der Waals surface area (Å²) >= 11 is 0. The molecule has 1 rings (SSSR count). The second-order valence-electron chi connectivity index (χ2n) is 2.38. The monoisotopic (exact) mass is 144 g/mol. The number of hydrogen-bond donors (Lipinski definition) is 2. The lowest BCUT2D eigenvalue weighted by Gasteiger charge is -2.18. The van der Waals surface area contributed by atoms with Crippen LogP contribution in [0.1, 0.15) is 12.8 Å². The van der Waals surface area contributed by atoms with Gasteiger partial charge in [-0.2, -0.15) is 0 Å². The highest BCUT2D eigenvalue weighted by molar-refractivity contribution is 6.05. The second kappa shape index (κ2) is 2.48. The van der Waals surface area contributed by atoms with Crippen molar-refractivity contribution in [2.75, 3.05) is 0 Å². The van der Waals surface area contributed by atoms with Crippen LogP contribution in [0.3, 0.4) is 0 Å². The standard InChI is InChI=1S/C6H8O4/c7-3-1-4(8)6(10)2-5(3)9/h3-4,7-8H,1-2H2. The minimum Gasteiger partial charge on any atom is -0.385 e. The average molecular weight is 144 g/mol. The fourth-order valence-corrected chi connectivity index (χ4v) is 0.882. The quantitative estimate of drug-likeness (QED) is 0.412. The molecule has 4 heteroatoms. The van der Waals surface area contributed by atoms with Gasteiger partial charge < -0.3 is 10.2 Å². The fraction of sp³-hybridized carbons (Fsp3) is 0.667. The van der Waals surface area contributed by atoms with Crippen LogP contribution in [0.4, 0.5) is 0 Å². The Hall–Kier alpha value is -0.740. The Morgan fingerprint density at radius 2 is 1.50 bits per heavy atom. The van der Waals surface area contributed by atoms with Gasteiger partial charge in [0.1, 0.15) is 12.2 Å². The number of aliphatic hydroxyl groups is 2. The van der Waals surface area contributed by atoms with E-state index in [-0.39, 0.29) is 12.8 Å². The van der Waals surface area contributed by atoms with Crippen molar-refractivity contribution in [1.29, 1.82) is 0 Å². The normalized spacial score (nSPS) is 34.6. The molecule has 4 nitrogen and oxygen atoms in total. The molecule has 1 fully saturated rings. The van der Waals surface area contributed by atoms with Crippen LogP contribution < -0.4 is 0 Å². The average Bonchev–Trinajstić information content (AvgIpc) is 1.84. The molecule has 0 aliphatic heterocycles. The van der Waals surface area contributed by atoms with Crippen LogP contribution in [0.15, 0.2) is 0 Å². The van der Waals surface area contributed by atoms with E-state index in [1.165, 1.54) is 0 Å². The lowest BCUT2D eigenvalue weighted by Crippen LogP contribution is -2.39. The van der Waals surface area contributed by atoms with Crippen molar-refractivity contribution in [1.82, 2.24) is 0 Å². The Labute approximate surface area is 57.5 Å². The van der Waals surface area contributed by atoms with E-state index in [2.05, 4.69) is 0 Å². The van der Waals surface area contributed by atoms with Crippen LogP contribution in [0.25, 0.3) is 0 Å². The molecular formula is C6H8O4. The zero-order chi connectivity index (χ0) is 7.72. The first-order valence-corrected chi connectivity index (χ1v) is 3.03. The van der Waals surface area contributed by atoms with Gasteiger partial charge in [0.25, 0.3) is 0 Å². The number of carbonyl (C=O) groups excluding carboxylic acids is 2. The van der Waals surface area contributed by atoms with Gasteiger partial charge in [-0.05, 0) is 0 Å². The van der Waals surface area contributed by atoms with Crippen molar-refractivity contribution in [2.45, 2.75) is 25.0 Å². The summed E-state index contributed by atoms with van der Waals surface area (Å²) in [5.74, 6) is -0.981. The summed E-state index contributed by atoms with van der Waals surface area (Å²) in [6.07, 6.45) is -2.76. The highest BCUT2D eigenvalue weighted by atomic mass is 16.3. The molecule has 1 aliphatic carbocycles. The first-order chi connectivity index (χ1) is 4.61. The Morgan fingerprint density at radius 1 is 1.10 bits per heavy atom. The topological polar surface area (TPSA) is 74.6 Å². The highest BCUT2D eigenvalue weighted by Crippen LogP contribution is 2.11. The Balaban J connectivity index is 2.63. The molecule has 0 aromatic heterocycles. The maximum absolute atomic E-state index is 10.6. The van der Waals surface area contributed by atoms with Gasteiger partial charge in [0, 0.05) is 6.42 Å². The maximum Gasteiger partial charge on any atom is 0.168 e. The van der Waals surface area contributed by atoms with E-state index in [1.54, 1.807) is 0 Å². The van der Waals surface area contributed by atoms with Gasteiger partial charge >= 0.3 is 0 Å². The molecule has 1 aliphatic rings. The second-order valence-corrected chi connectivity index (χ2v) is 2.38. The van der Waals surface area contributed by atoms with Gasteiger partial charge in [0.05, 0.1) is 6.42 Å². The predicted octanol–water partition coefficient (Wildman–Crippen LogP) is -1.36. The molecular weight excluding hydrogens is 136 g/mol. The van der Waals surface area contributed by atoms with Gasteiger partial charge in [-0.25, -0.2) is 0 Å². The Kier molecular flexibility index (Phi) is 1.82. The lowest BCUT2D eigenvalue weighted by atomic mass is 9.93. The maximum atomic E-state index is 10.6. The summed E-state index contributed by atoms with van der Waals surface area (Å²) in [6.45, 7) is 0. The number of Topliss-reactive ketones (excluding diaryl/α,β-unsaturated/α-hetero) is 2. The van der Waals surface area contributed by atoms with Crippen molar-refractivity contribution in [3.63, 3.8) is 0 Å². The van der Waals surface area contributed by atoms with Gasteiger partial charge in [-0.15, -0.1) is 0 Å². The van der Waals surface area contributed by atoms with Crippen LogP contribution in [0.2, 0.25) is 0 Å². The molecule has 10 heavy (non-hydrogen) atoms. The van der Waals surface area contributed by atoms with Crippen LogP contribution in [-0.2, 0) is 9.59 Å². The summed E-state index contributed by atoms with van der Waals surface area (Å²) in [5.41, 5.74) is 0. The number of rotatable bonds is 0. The molecule has 2 atom stereocenters. The van der Waals surface area contributed by atoms with Gasteiger partial charge in [-0.3, -0.25) is 9.59 Å². The molecule has 0 heterocycles. The van der Waals surface area contributed by atoms with E-state index in [0.29, 0.717) is 0 Å². The zero-order valence-corrected chi connectivity index (χ0v) is 5.28. The van der Waals surface area contributed by atoms with Crippen LogP contribution in [-0.4, -0.2) is 34.0 Å². The van der Waals surface area contributed by atoms with Crippen molar-refractivity contribution < 1.29 is 19.8 Å². The van der Waals surface area contributed by atoms with E-state index >= 15 is 0 Å². The molecule has 0 saturated heterocycles. The Bertz CT molecular complexity index is 157. The molecule has 0 amide bonds. The third-order valence-electron chi connectivity index (χ3n) is 1.54. The van der Waals surface area contributed by atoms with Crippen LogP contribution >= 0.6 is 0 Å². The molecule has 0 spiro atoms. The number of hydrogen-bond acceptors (Lipinski definition) is 4. The van der Waals surface area contributed by atoms with Crippen molar-refractivity contribution in [3.8, 4) is 0 Å². The third kappa shape index (κ3) is 1.22. The minimum atomic E-state index is -1.15. The molecule has 2 N–H and O–H groups in total. The van der Waals surface area contributed by atoms with E-state index < -0.39 is 23.8 Å². The van der Waals surface area contributed by atoms with E-state index in [4.69, 9.17) is 10.2 Å². The molecule has 1 saturated carbocycles. The Morgan fingerprint density at radius 3 is 1.80 bits per heavy atom. The largest absolute Gasteiger partial charge is 0.385 e. The number of aliphatic hydroxyl groups excluding tert-OH is 2. The van der Waals surface area contributed by atoms with Crippen LogP contribution in [0, 0.1) is 0 Å². The summed E-state index contributed by atoms with van der Waals surface area (Å²) in [6, 6.07) is 0. The molecule has 2 unspecified atom stereocenters. The predicted molar refractivity (Wildman–Crippen MR) is 31.3 cm³/mol. The van der Waals surface area contributed by atoms with Crippen molar-refractivity contribution in [3.05, 3.63) is 0 Å². The smallest absolute Gasteiger partial charge is 0.168 e. The van der Waals surface area contributed by atoms with Crippen molar-refractivity contribution in [2.24, 2.45) is 0 Å².